The topological polar surface area (TPSA) is 67.4 Å². The Bertz CT molecular complexity index is 418. The van der Waals surface area contributed by atoms with Crippen LogP contribution in [0.15, 0.2) is 24.3 Å². The molecule has 0 radical (unpaired) electrons. The van der Waals surface area contributed by atoms with E-state index in [0.717, 1.165) is 17.7 Å². The first-order valence-electron chi connectivity index (χ1n) is 5.95. The summed E-state index contributed by atoms with van der Waals surface area (Å²) >= 11 is 0. The standard InChI is InChI=1S/C13H18N2O3/c1-3-10-7-5-6-8-11(10)15-12(16)9-14-13(17)18-4-2/h5-8H,3-4,9H2,1-2H3,(H,14,17)(H,15,16). The van der Waals surface area contributed by atoms with Crippen molar-refractivity contribution in [2.75, 3.05) is 18.5 Å². The summed E-state index contributed by atoms with van der Waals surface area (Å²) in [4.78, 5) is 22.6. The lowest BCUT2D eigenvalue weighted by atomic mass is 10.1. The molecule has 1 aromatic carbocycles. The molecule has 0 spiro atoms. The lowest BCUT2D eigenvalue weighted by Crippen LogP contribution is -2.33. The van der Waals surface area contributed by atoms with Gasteiger partial charge in [0.15, 0.2) is 0 Å². The fourth-order valence-corrected chi connectivity index (χ4v) is 1.48. The predicted octanol–water partition coefficient (Wildman–Crippen LogP) is 1.93. The van der Waals surface area contributed by atoms with E-state index < -0.39 is 6.09 Å². The molecule has 5 heteroatoms. The highest BCUT2D eigenvalue weighted by Crippen LogP contribution is 2.14. The number of hydrogen-bond acceptors (Lipinski definition) is 3. The fraction of sp³-hybridized carbons (Fsp3) is 0.385. The Hall–Kier alpha value is -2.04. The van der Waals surface area contributed by atoms with Gasteiger partial charge in [-0.2, -0.15) is 0 Å². The average Bonchev–Trinajstić information content (AvgIpc) is 2.37. The molecule has 0 saturated carbocycles. The summed E-state index contributed by atoms with van der Waals surface area (Å²) in [6.45, 7) is 3.90. The predicted molar refractivity (Wildman–Crippen MR) is 69.5 cm³/mol. The molecule has 0 aliphatic carbocycles. The third kappa shape index (κ3) is 4.45. The fourth-order valence-electron chi connectivity index (χ4n) is 1.48. The van der Waals surface area contributed by atoms with Crippen LogP contribution >= 0.6 is 0 Å². The third-order valence-corrected chi connectivity index (χ3v) is 2.34. The molecule has 1 aromatic rings. The molecular weight excluding hydrogens is 232 g/mol. The Morgan fingerprint density at radius 3 is 2.61 bits per heavy atom. The van der Waals surface area contributed by atoms with E-state index >= 15 is 0 Å². The minimum atomic E-state index is -0.587. The van der Waals surface area contributed by atoms with Crippen LogP contribution in [0.2, 0.25) is 0 Å². The lowest BCUT2D eigenvalue weighted by Gasteiger charge is -2.10. The van der Waals surface area contributed by atoms with Gasteiger partial charge in [0.25, 0.3) is 0 Å². The summed E-state index contributed by atoms with van der Waals surface area (Å²) in [6, 6.07) is 7.56. The Morgan fingerprint density at radius 2 is 1.94 bits per heavy atom. The van der Waals surface area contributed by atoms with Crippen LogP contribution in [0, 0.1) is 0 Å². The van der Waals surface area contributed by atoms with Crippen LogP contribution in [0.3, 0.4) is 0 Å². The number of rotatable bonds is 5. The van der Waals surface area contributed by atoms with Crippen molar-refractivity contribution in [1.82, 2.24) is 5.32 Å². The highest BCUT2D eigenvalue weighted by molar-refractivity contribution is 5.94. The highest BCUT2D eigenvalue weighted by atomic mass is 16.5. The zero-order valence-electron chi connectivity index (χ0n) is 10.7. The molecule has 0 aliphatic heterocycles. The van der Waals surface area contributed by atoms with Gasteiger partial charge in [0.1, 0.15) is 6.54 Å². The second-order valence-corrected chi connectivity index (χ2v) is 3.63. The van der Waals surface area contributed by atoms with Crippen LogP contribution in [-0.4, -0.2) is 25.2 Å². The number of amides is 2. The maximum absolute atomic E-state index is 11.6. The number of ether oxygens (including phenoxy) is 1. The van der Waals surface area contributed by atoms with E-state index in [2.05, 4.69) is 15.4 Å². The molecule has 0 aromatic heterocycles. The molecule has 0 fully saturated rings. The number of anilines is 1. The van der Waals surface area contributed by atoms with Gasteiger partial charge in [-0.25, -0.2) is 4.79 Å². The Kier molecular flexibility index (Phi) is 5.70. The molecule has 1 rings (SSSR count). The number of carbonyl (C=O) groups excluding carboxylic acids is 2. The minimum Gasteiger partial charge on any atom is -0.450 e. The van der Waals surface area contributed by atoms with Gasteiger partial charge in [0.05, 0.1) is 6.61 Å². The van der Waals surface area contributed by atoms with Crippen LogP contribution in [0.1, 0.15) is 19.4 Å². The number of alkyl carbamates (subject to hydrolysis) is 1. The maximum Gasteiger partial charge on any atom is 0.407 e. The second kappa shape index (κ2) is 7.32. The van der Waals surface area contributed by atoms with Crippen LogP contribution in [-0.2, 0) is 16.0 Å². The molecule has 0 unspecified atom stereocenters. The zero-order valence-corrected chi connectivity index (χ0v) is 10.7. The molecule has 5 nitrogen and oxygen atoms in total. The van der Waals surface area contributed by atoms with E-state index in [4.69, 9.17) is 0 Å². The molecule has 0 bridgehead atoms. The van der Waals surface area contributed by atoms with Gasteiger partial charge in [-0.05, 0) is 25.0 Å². The van der Waals surface area contributed by atoms with E-state index in [-0.39, 0.29) is 19.1 Å². The summed E-state index contributed by atoms with van der Waals surface area (Å²) < 4.78 is 4.66. The van der Waals surface area contributed by atoms with Crippen molar-refractivity contribution in [2.24, 2.45) is 0 Å². The van der Waals surface area contributed by atoms with Gasteiger partial charge < -0.3 is 15.4 Å². The summed E-state index contributed by atoms with van der Waals surface area (Å²) in [5, 5.41) is 5.12. The molecule has 18 heavy (non-hydrogen) atoms. The van der Waals surface area contributed by atoms with Gasteiger partial charge in [0, 0.05) is 5.69 Å². The van der Waals surface area contributed by atoms with E-state index in [1.807, 2.05) is 31.2 Å². The number of aryl methyl sites for hydroxylation is 1. The molecule has 0 saturated heterocycles. The first-order chi connectivity index (χ1) is 8.67. The van der Waals surface area contributed by atoms with Crippen LogP contribution < -0.4 is 10.6 Å². The van der Waals surface area contributed by atoms with Crippen molar-refractivity contribution >= 4 is 17.7 Å². The minimum absolute atomic E-state index is 0.100. The molecule has 0 aliphatic rings. The Balaban J connectivity index is 2.47. The van der Waals surface area contributed by atoms with Crippen molar-refractivity contribution in [1.29, 1.82) is 0 Å². The number of hydrogen-bond donors (Lipinski definition) is 2. The zero-order chi connectivity index (χ0) is 13.4. The SMILES string of the molecule is CCOC(=O)NCC(=O)Nc1ccccc1CC. The van der Waals surface area contributed by atoms with Crippen molar-refractivity contribution in [3.05, 3.63) is 29.8 Å². The van der Waals surface area contributed by atoms with Crippen molar-refractivity contribution in [2.45, 2.75) is 20.3 Å². The van der Waals surface area contributed by atoms with E-state index in [0.29, 0.717) is 0 Å². The Morgan fingerprint density at radius 1 is 1.22 bits per heavy atom. The summed E-state index contributed by atoms with van der Waals surface area (Å²) in [5.41, 5.74) is 1.83. The highest BCUT2D eigenvalue weighted by Gasteiger charge is 2.07. The van der Waals surface area contributed by atoms with Gasteiger partial charge in [-0.3, -0.25) is 4.79 Å². The van der Waals surface area contributed by atoms with Gasteiger partial charge in [-0.1, -0.05) is 25.1 Å². The van der Waals surface area contributed by atoms with Crippen molar-refractivity contribution < 1.29 is 14.3 Å². The summed E-state index contributed by atoms with van der Waals surface area (Å²) in [6.07, 6.45) is 0.248. The molecule has 0 heterocycles. The van der Waals surface area contributed by atoms with Gasteiger partial charge >= 0.3 is 6.09 Å². The Labute approximate surface area is 107 Å². The van der Waals surface area contributed by atoms with Crippen molar-refractivity contribution in [3.8, 4) is 0 Å². The number of carbonyl (C=O) groups is 2. The van der Waals surface area contributed by atoms with Crippen LogP contribution in [0.4, 0.5) is 10.5 Å². The third-order valence-electron chi connectivity index (χ3n) is 2.34. The summed E-state index contributed by atoms with van der Waals surface area (Å²) in [7, 11) is 0. The lowest BCUT2D eigenvalue weighted by molar-refractivity contribution is -0.115. The smallest absolute Gasteiger partial charge is 0.407 e. The molecule has 2 amide bonds. The first kappa shape index (κ1) is 14.0. The number of benzene rings is 1. The molecule has 98 valence electrons. The molecule has 0 atom stereocenters. The largest absolute Gasteiger partial charge is 0.450 e. The quantitative estimate of drug-likeness (QED) is 0.839. The molecular formula is C13H18N2O3. The van der Waals surface area contributed by atoms with Gasteiger partial charge in [0.2, 0.25) is 5.91 Å². The number of para-hydroxylation sites is 1. The second-order valence-electron chi connectivity index (χ2n) is 3.63. The molecule has 2 N–H and O–H groups in total. The average molecular weight is 250 g/mol. The first-order valence-corrected chi connectivity index (χ1v) is 5.95. The van der Waals surface area contributed by atoms with E-state index in [1.54, 1.807) is 6.92 Å². The van der Waals surface area contributed by atoms with Gasteiger partial charge in [-0.15, -0.1) is 0 Å². The summed E-state index contributed by atoms with van der Waals surface area (Å²) in [5.74, 6) is -0.274. The van der Waals surface area contributed by atoms with Crippen molar-refractivity contribution in [3.63, 3.8) is 0 Å². The maximum atomic E-state index is 11.6. The van der Waals surface area contributed by atoms with E-state index in [9.17, 15) is 9.59 Å². The monoisotopic (exact) mass is 250 g/mol. The van der Waals surface area contributed by atoms with Crippen LogP contribution in [0.5, 0.6) is 0 Å². The van der Waals surface area contributed by atoms with Crippen LogP contribution in [0.25, 0.3) is 0 Å². The number of nitrogens with one attached hydrogen (secondary N) is 2. The normalized spacial score (nSPS) is 9.67. The van der Waals surface area contributed by atoms with E-state index in [1.165, 1.54) is 0 Å².